The van der Waals surface area contributed by atoms with Crippen molar-refractivity contribution < 1.29 is 9.53 Å². The van der Waals surface area contributed by atoms with Crippen LogP contribution in [0.3, 0.4) is 0 Å². The van der Waals surface area contributed by atoms with Gasteiger partial charge in [-0.3, -0.25) is 0 Å². The SMILES string of the molecule is C=CC(=O)Oc1ccc(-c2cc(-c3ccccc3)cc(-c3ccccc3)c2)cc1. The van der Waals surface area contributed by atoms with Crippen molar-refractivity contribution in [2.24, 2.45) is 0 Å². The Balaban J connectivity index is 1.78. The molecule has 0 amide bonds. The molecule has 0 spiro atoms. The maximum Gasteiger partial charge on any atom is 0.335 e. The van der Waals surface area contributed by atoms with Crippen LogP contribution >= 0.6 is 0 Å². The molecule has 4 aromatic rings. The second-order valence-electron chi connectivity index (χ2n) is 6.68. The van der Waals surface area contributed by atoms with E-state index in [2.05, 4.69) is 49.0 Å². The lowest BCUT2D eigenvalue weighted by atomic mass is 9.93. The zero-order valence-electron chi connectivity index (χ0n) is 15.9. The van der Waals surface area contributed by atoms with Crippen LogP contribution in [-0.2, 0) is 4.79 Å². The first-order valence-corrected chi connectivity index (χ1v) is 9.43. The number of carbonyl (C=O) groups excluding carboxylic acids is 1. The van der Waals surface area contributed by atoms with Crippen molar-refractivity contribution in [1.29, 1.82) is 0 Å². The summed E-state index contributed by atoms with van der Waals surface area (Å²) in [5, 5.41) is 0. The van der Waals surface area contributed by atoms with E-state index in [4.69, 9.17) is 4.74 Å². The van der Waals surface area contributed by atoms with E-state index in [1.54, 1.807) is 12.1 Å². The molecule has 2 heteroatoms. The Morgan fingerprint density at radius 2 is 1.00 bits per heavy atom. The van der Waals surface area contributed by atoms with Crippen LogP contribution < -0.4 is 4.74 Å². The Hall–Kier alpha value is -3.91. The molecule has 0 aromatic heterocycles. The van der Waals surface area contributed by atoms with E-state index in [0.29, 0.717) is 5.75 Å². The van der Waals surface area contributed by atoms with Gasteiger partial charge in [-0.2, -0.15) is 0 Å². The van der Waals surface area contributed by atoms with Gasteiger partial charge in [-0.15, -0.1) is 0 Å². The Kier molecular flexibility index (Phi) is 5.35. The maximum absolute atomic E-state index is 11.4. The third kappa shape index (κ3) is 4.33. The predicted molar refractivity (Wildman–Crippen MR) is 119 cm³/mol. The van der Waals surface area contributed by atoms with Gasteiger partial charge >= 0.3 is 5.97 Å². The van der Waals surface area contributed by atoms with Crippen LogP contribution in [0.25, 0.3) is 33.4 Å². The minimum Gasteiger partial charge on any atom is -0.423 e. The summed E-state index contributed by atoms with van der Waals surface area (Å²) in [6.45, 7) is 3.42. The Morgan fingerprint density at radius 1 is 0.586 bits per heavy atom. The average molecular weight is 376 g/mol. The van der Waals surface area contributed by atoms with Crippen LogP contribution in [0.4, 0.5) is 0 Å². The maximum atomic E-state index is 11.4. The van der Waals surface area contributed by atoms with E-state index < -0.39 is 5.97 Å². The van der Waals surface area contributed by atoms with E-state index in [-0.39, 0.29) is 0 Å². The molecule has 4 aromatic carbocycles. The van der Waals surface area contributed by atoms with E-state index >= 15 is 0 Å². The summed E-state index contributed by atoms with van der Waals surface area (Å²) in [5.74, 6) is 0.0383. The second kappa shape index (κ2) is 8.41. The molecule has 140 valence electrons. The van der Waals surface area contributed by atoms with Gasteiger partial charge in [0.1, 0.15) is 5.75 Å². The molecule has 0 bridgehead atoms. The average Bonchev–Trinajstić information content (AvgIpc) is 2.80. The van der Waals surface area contributed by atoms with E-state index in [1.165, 1.54) is 11.1 Å². The van der Waals surface area contributed by atoms with Crippen molar-refractivity contribution in [2.45, 2.75) is 0 Å². The molecule has 0 radical (unpaired) electrons. The summed E-state index contributed by atoms with van der Waals surface area (Å²) >= 11 is 0. The second-order valence-corrected chi connectivity index (χ2v) is 6.68. The predicted octanol–water partition coefficient (Wildman–Crippen LogP) is 6.78. The van der Waals surface area contributed by atoms with Gasteiger partial charge in [-0.1, -0.05) is 79.4 Å². The minimum absolute atomic E-state index is 0.463. The number of hydrogen-bond donors (Lipinski definition) is 0. The molecular formula is C27H20O2. The summed E-state index contributed by atoms with van der Waals surface area (Å²) in [5.41, 5.74) is 6.81. The molecule has 0 unspecified atom stereocenters. The number of carbonyl (C=O) groups is 1. The molecular weight excluding hydrogens is 356 g/mol. The normalized spacial score (nSPS) is 10.3. The molecule has 0 fully saturated rings. The molecule has 0 saturated heterocycles. The Labute approximate surface area is 170 Å². The Bertz CT molecular complexity index is 1070. The largest absolute Gasteiger partial charge is 0.423 e. The van der Waals surface area contributed by atoms with E-state index in [0.717, 1.165) is 28.3 Å². The van der Waals surface area contributed by atoms with Gasteiger partial charge in [-0.25, -0.2) is 4.79 Å². The highest BCUT2D eigenvalue weighted by Gasteiger charge is 2.08. The van der Waals surface area contributed by atoms with Crippen molar-refractivity contribution in [3.8, 4) is 39.1 Å². The number of rotatable bonds is 5. The molecule has 2 nitrogen and oxygen atoms in total. The lowest BCUT2D eigenvalue weighted by Crippen LogP contribution is -2.02. The van der Waals surface area contributed by atoms with Crippen LogP contribution in [0.2, 0.25) is 0 Å². The highest BCUT2D eigenvalue weighted by molar-refractivity contribution is 5.84. The molecule has 0 atom stereocenters. The monoisotopic (exact) mass is 376 g/mol. The highest BCUT2D eigenvalue weighted by Crippen LogP contribution is 2.33. The first kappa shape index (κ1) is 18.5. The first-order valence-electron chi connectivity index (χ1n) is 9.43. The fourth-order valence-electron chi connectivity index (χ4n) is 3.26. The third-order valence-corrected chi connectivity index (χ3v) is 4.72. The summed E-state index contributed by atoms with van der Waals surface area (Å²) in [4.78, 5) is 11.4. The van der Waals surface area contributed by atoms with Crippen LogP contribution in [0.15, 0.2) is 116 Å². The first-order chi connectivity index (χ1) is 14.2. The molecule has 29 heavy (non-hydrogen) atoms. The zero-order valence-corrected chi connectivity index (χ0v) is 15.9. The van der Waals surface area contributed by atoms with Crippen LogP contribution in [-0.4, -0.2) is 5.97 Å². The molecule has 0 aliphatic rings. The van der Waals surface area contributed by atoms with Gasteiger partial charge in [0, 0.05) is 6.08 Å². The highest BCUT2D eigenvalue weighted by atomic mass is 16.5. The van der Waals surface area contributed by atoms with Crippen LogP contribution in [0.1, 0.15) is 0 Å². The molecule has 4 rings (SSSR count). The molecule has 0 N–H and O–H groups in total. The number of ether oxygens (including phenoxy) is 1. The van der Waals surface area contributed by atoms with Crippen molar-refractivity contribution >= 4 is 5.97 Å². The summed E-state index contributed by atoms with van der Waals surface area (Å²) in [6.07, 6.45) is 1.16. The topological polar surface area (TPSA) is 26.3 Å². The van der Waals surface area contributed by atoms with Gasteiger partial charge in [0.15, 0.2) is 0 Å². The lowest BCUT2D eigenvalue weighted by molar-refractivity contribution is -0.128. The Morgan fingerprint density at radius 3 is 1.41 bits per heavy atom. The molecule has 0 saturated carbocycles. The molecule has 0 aliphatic carbocycles. The number of esters is 1. The van der Waals surface area contributed by atoms with Gasteiger partial charge in [0.05, 0.1) is 0 Å². The van der Waals surface area contributed by atoms with Crippen molar-refractivity contribution in [3.63, 3.8) is 0 Å². The van der Waals surface area contributed by atoms with E-state index in [9.17, 15) is 4.79 Å². The summed E-state index contributed by atoms with van der Waals surface area (Å²) in [7, 11) is 0. The quantitative estimate of drug-likeness (QED) is 0.218. The van der Waals surface area contributed by atoms with Crippen molar-refractivity contribution in [1.82, 2.24) is 0 Å². The summed E-state index contributed by atoms with van der Waals surface area (Å²) < 4.78 is 5.18. The lowest BCUT2D eigenvalue weighted by Gasteiger charge is -2.12. The van der Waals surface area contributed by atoms with Crippen LogP contribution in [0, 0.1) is 0 Å². The van der Waals surface area contributed by atoms with E-state index in [1.807, 2.05) is 48.5 Å². The van der Waals surface area contributed by atoms with Gasteiger partial charge in [0.25, 0.3) is 0 Å². The number of benzene rings is 4. The summed E-state index contributed by atoms with van der Waals surface area (Å²) in [6, 6.07) is 34.8. The standard InChI is InChI=1S/C27H20O2/c1-2-27(28)29-26-15-13-22(14-16-26)25-18-23(20-9-5-3-6-10-20)17-24(19-25)21-11-7-4-8-12-21/h2-19H,1H2. The van der Waals surface area contributed by atoms with Gasteiger partial charge in [0.2, 0.25) is 0 Å². The minimum atomic E-state index is -0.463. The molecule has 0 heterocycles. The fraction of sp³-hybridized carbons (Fsp3) is 0. The number of hydrogen-bond acceptors (Lipinski definition) is 2. The molecule has 0 aliphatic heterocycles. The van der Waals surface area contributed by atoms with Crippen LogP contribution in [0.5, 0.6) is 5.75 Å². The van der Waals surface area contributed by atoms with Gasteiger partial charge < -0.3 is 4.74 Å². The zero-order chi connectivity index (χ0) is 20.1. The third-order valence-electron chi connectivity index (χ3n) is 4.72. The smallest absolute Gasteiger partial charge is 0.335 e. The van der Waals surface area contributed by atoms with Gasteiger partial charge in [-0.05, 0) is 63.7 Å². The van der Waals surface area contributed by atoms with Crippen molar-refractivity contribution in [3.05, 3.63) is 116 Å². The van der Waals surface area contributed by atoms with Crippen molar-refractivity contribution in [2.75, 3.05) is 0 Å². The fourth-order valence-corrected chi connectivity index (χ4v) is 3.26.